The maximum absolute atomic E-state index is 5.54. The van der Waals surface area contributed by atoms with Crippen molar-refractivity contribution in [3.8, 4) is 11.5 Å². The Balaban J connectivity index is 2.35. The quantitative estimate of drug-likeness (QED) is 0.823. The molecule has 0 saturated heterocycles. The van der Waals surface area contributed by atoms with Gasteiger partial charge in [-0.3, -0.25) is 0 Å². The topological polar surface area (TPSA) is 64.7 Å². The van der Waals surface area contributed by atoms with E-state index in [1.54, 1.807) is 23.7 Å². The number of nitrogens with zero attached hydrogens (tertiary/aromatic N) is 3. The lowest BCUT2D eigenvalue weighted by atomic mass is 9.98. The smallest absolute Gasteiger partial charge is 0.179 e. The Labute approximate surface area is 98.6 Å². The lowest BCUT2D eigenvalue weighted by Gasteiger charge is -2.13. The molecule has 0 aromatic carbocycles. The average molecular weight is 234 g/mol. The molecule has 0 fully saturated rings. The molecule has 2 aromatic rings. The summed E-state index contributed by atoms with van der Waals surface area (Å²) < 4.78 is 0. The standard InChI is InChI=1S/C11H14N4S/c1-11(2,3)10-15-8(6-16-10)9-13-4-7(12)5-14-9/h4-6H,12H2,1-3H3. The first-order valence-corrected chi connectivity index (χ1v) is 5.89. The number of thiazole rings is 1. The zero-order chi connectivity index (χ0) is 11.8. The third kappa shape index (κ3) is 2.19. The zero-order valence-electron chi connectivity index (χ0n) is 9.56. The largest absolute Gasteiger partial charge is 0.396 e. The normalized spacial score (nSPS) is 11.7. The van der Waals surface area contributed by atoms with Gasteiger partial charge in [-0.25, -0.2) is 15.0 Å². The van der Waals surface area contributed by atoms with E-state index < -0.39 is 0 Å². The molecule has 0 aliphatic rings. The van der Waals surface area contributed by atoms with Crippen LogP contribution in [0.1, 0.15) is 25.8 Å². The lowest BCUT2D eigenvalue weighted by molar-refractivity contribution is 0.586. The molecule has 0 aliphatic heterocycles. The van der Waals surface area contributed by atoms with E-state index in [0.29, 0.717) is 11.5 Å². The molecule has 0 bridgehead atoms. The van der Waals surface area contributed by atoms with Crippen LogP contribution in [-0.4, -0.2) is 15.0 Å². The first-order chi connectivity index (χ1) is 7.47. The molecular weight excluding hydrogens is 220 g/mol. The summed E-state index contributed by atoms with van der Waals surface area (Å²) in [5, 5.41) is 3.06. The van der Waals surface area contributed by atoms with E-state index in [1.807, 2.05) is 5.38 Å². The molecule has 0 spiro atoms. The summed E-state index contributed by atoms with van der Waals surface area (Å²) in [6.45, 7) is 6.42. The highest BCUT2D eigenvalue weighted by Crippen LogP contribution is 2.28. The minimum atomic E-state index is 0.0662. The van der Waals surface area contributed by atoms with Gasteiger partial charge in [-0.15, -0.1) is 11.3 Å². The van der Waals surface area contributed by atoms with Crippen LogP contribution in [0.2, 0.25) is 0 Å². The van der Waals surface area contributed by atoms with Crippen molar-refractivity contribution in [2.45, 2.75) is 26.2 Å². The van der Waals surface area contributed by atoms with Crippen LogP contribution >= 0.6 is 11.3 Å². The molecule has 0 atom stereocenters. The number of hydrogen-bond acceptors (Lipinski definition) is 5. The Morgan fingerprint density at radius 3 is 2.31 bits per heavy atom. The van der Waals surface area contributed by atoms with Gasteiger partial charge >= 0.3 is 0 Å². The SMILES string of the molecule is CC(C)(C)c1nc(-c2ncc(N)cn2)cs1. The Hall–Kier alpha value is -1.49. The van der Waals surface area contributed by atoms with Crippen molar-refractivity contribution in [2.24, 2.45) is 0 Å². The Morgan fingerprint density at radius 2 is 1.81 bits per heavy atom. The van der Waals surface area contributed by atoms with Gasteiger partial charge in [0.05, 0.1) is 23.1 Å². The minimum absolute atomic E-state index is 0.0662. The number of rotatable bonds is 1. The number of nitrogens with two attached hydrogens (primary N) is 1. The number of nitrogen functional groups attached to an aromatic ring is 1. The van der Waals surface area contributed by atoms with E-state index in [4.69, 9.17) is 5.73 Å². The van der Waals surface area contributed by atoms with Crippen LogP contribution in [0.15, 0.2) is 17.8 Å². The third-order valence-corrected chi connectivity index (χ3v) is 3.31. The second kappa shape index (κ2) is 3.83. The predicted molar refractivity (Wildman–Crippen MR) is 66.3 cm³/mol. The molecular formula is C11H14N4S. The number of anilines is 1. The monoisotopic (exact) mass is 234 g/mol. The lowest BCUT2D eigenvalue weighted by Crippen LogP contribution is -2.10. The maximum atomic E-state index is 5.54. The minimum Gasteiger partial charge on any atom is -0.396 e. The first-order valence-electron chi connectivity index (χ1n) is 5.01. The molecule has 0 aliphatic carbocycles. The molecule has 2 rings (SSSR count). The van der Waals surface area contributed by atoms with E-state index in [-0.39, 0.29) is 5.41 Å². The summed E-state index contributed by atoms with van der Waals surface area (Å²) in [6.07, 6.45) is 3.19. The fourth-order valence-corrected chi connectivity index (χ4v) is 2.08. The summed E-state index contributed by atoms with van der Waals surface area (Å²) in [6, 6.07) is 0. The Morgan fingerprint density at radius 1 is 1.19 bits per heavy atom. The van der Waals surface area contributed by atoms with Gasteiger partial charge in [0.15, 0.2) is 5.82 Å². The Bertz CT molecular complexity index is 481. The van der Waals surface area contributed by atoms with Crippen LogP contribution in [0.25, 0.3) is 11.5 Å². The molecule has 0 amide bonds. The fraction of sp³-hybridized carbons (Fsp3) is 0.364. The van der Waals surface area contributed by atoms with Gasteiger partial charge in [-0.05, 0) is 0 Å². The van der Waals surface area contributed by atoms with Crippen LogP contribution in [0.4, 0.5) is 5.69 Å². The molecule has 0 saturated carbocycles. The molecule has 2 N–H and O–H groups in total. The van der Waals surface area contributed by atoms with E-state index in [0.717, 1.165) is 10.7 Å². The highest BCUT2D eigenvalue weighted by Gasteiger charge is 2.18. The fourth-order valence-electron chi connectivity index (χ4n) is 1.19. The summed E-state index contributed by atoms with van der Waals surface area (Å²) in [5.74, 6) is 0.626. The van der Waals surface area contributed by atoms with E-state index in [9.17, 15) is 0 Å². The maximum Gasteiger partial charge on any atom is 0.179 e. The molecule has 0 unspecified atom stereocenters. The van der Waals surface area contributed by atoms with Crippen molar-refractivity contribution in [1.29, 1.82) is 0 Å². The van der Waals surface area contributed by atoms with Crippen molar-refractivity contribution in [3.63, 3.8) is 0 Å². The van der Waals surface area contributed by atoms with Crippen LogP contribution in [0.3, 0.4) is 0 Å². The van der Waals surface area contributed by atoms with E-state index in [2.05, 4.69) is 35.7 Å². The predicted octanol–water partition coefficient (Wildman–Crippen LogP) is 2.48. The number of aromatic nitrogens is 3. The molecule has 2 aromatic heterocycles. The average Bonchev–Trinajstić information content (AvgIpc) is 2.67. The zero-order valence-corrected chi connectivity index (χ0v) is 10.4. The Kier molecular flexibility index (Phi) is 2.63. The van der Waals surface area contributed by atoms with Crippen LogP contribution in [0, 0.1) is 0 Å². The highest BCUT2D eigenvalue weighted by atomic mass is 32.1. The third-order valence-electron chi connectivity index (χ3n) is 2.05. The van der Waals surface area contributed by atoms with Gasteiger partial charge in [-0.2, -0.15) is 0 Å². The van der Waals surface area contributed by atoms with Crippen molar-refractivity contribution < 1.29 is 0 Å². The van der Waals surface area contributed by atoms with Gasteiger partial charge in [0.2, 0.25) is 0 Å². The van der Waals surface area contributed by atoms with Gasteiger partial charge < -0.3 is 5.73 Å². The summed E-state index contributed by atoms with van der Waals surface area (Å²) >= 11 is 1.63. The van der Waals surface area contributed by atoms with Crippen molar-refractivity contribution >= 4 is 17.0 Å². The summed E-state index contributed by atoms with van der Waals surface area (Å²) in [5.41, 5.74) is 6.98. The molecule has 16 heavy (non-hydrogen) atoms. The molecule has 84 valence electrons. The van der Waals surface area contributed by atoms with E-state index in [1.165, 1.54) is 0 Å². The number of hydrogen-bond donors (Lipinski definition) is 1. The van der Waals surface area contributed by atoms with Gasteiger partial charge in [0.25, 0.3) is 0 Å². The van der Waals surface area contributed by atoms with Crippen LogP contribution in [-0.2, 0) is 5.41 Å². The van der Waals surface area contributed by atoms with Gasteiger partial charge in [0.1, 0.15) is 5.69 Å². The molecule has 4 nitrogen and oxygen atoms in total. The molecule has 5 heteroatoms. The first kappa shape index (κ1) is 11.0. The second-order valence-corrected chi connectivity index (χ2v) is 5.49. The van der Waals surface area contributed by atoms with Gasteiger partial charge in [-0.1, -0.05) is 20.8 Å². The van der Waals surface area contributed by atoms with Gasteiger partial charge in [0, 0.05) is 10.8 Å². The van der Waals surface area contributed by atoms with Crippen molar-refractivity contribution in [3.05, 3.63) is 22.8 Å². The molecule has 0 radical (unpaired) electrons. The summed E-state index contributed by atoms with van der Waals surface area (Å²) in [7, 11) is 0. The molecule has 2 heterocycles. The van der Waals surface area contributed by atoms with Crippen molar-refractivity contribution in [2.75, 3.05) is 5.73 Å². The van der Waals surface area contributed by atoms with Crippen molar-refractivity contribution in [1.82, 2.24) is 15.0 Å². The van der Waals surface area contributed by atoms with E-state index >= 15 is 0 Å². The van der Waals surface area contributed by atoms with Crippen LogP contribution < -0.4 is 5.73 Å². The summed E-state index contributed by atoms with van der Waals surface area (Å²) in [4.78, 5) is 12.8. The van der Waals surface area contributed by atoms with Crippen LogP contribution in [0.5, 0.6) is 0 Å². The highest BCUT2D eigenvalue weighted by molar-refractivity contribution is 7.10. The second-order valence-electron chi connectivity index (χ2n) is 4.63.